The van der Waals surface area contributed by atoms with E-state index in [9.17, 15) is 19.7 Å². The van der Waals surface area contributed by atoms with Crippen molar-refractivity contribution in [1.29, 1.82) is 0 Å². The number of nitrogens with one attached hydrogen (secondary N) is 2. The average molecular weight is 278 g/mol. The quantitative estimate of drug-likeness (QED) is 0.541. The van der Waals surface area contributed by atoms with E-state index in [-0.39, 0.29) is 36.2 Å². The van der Waals surface area contributed by atoms with Crippen molar-refractivity contribution in [3.05, 3.63) is 27.8 Å². The molecule has 0 aliphatic carbocycles. The van der Waals surface area contributed by atoms with E-state index in [4.69, 9.17) is 5.73 Å². The van der Waals surface area contributed by atoms with Crippen LogP contribution in [0.5, 0.6) is 0 Å². The molecule has 0 fully saturated rings. The minimum atomic E-state index is -0.525. The monoisotopic (exact) mass is 278 g/mol. The number of carbonyl (C=O) groups excluding carboxylic acids is 2. The van der Waals surface area contributed by atoms with E-state index in [1.807, 2.05) is 0 Å². The number of amides is 2. The lowest BCUT2D eigenvalue weighted by molar-refractivity contribution is -0.384. The number of rotatable bonds is 5. The van der Waals surface area contributed by atoms with Gasteiger partial charge in [0.25, 0.3) is 5.69 Å². The molecule has 20 heavy (non-hydrogen) atoms. The molecule has 8 nitrogen and oxygen atoms in total. The zero-order valence-corrected chi connectivity index (χ0v) is 10.8. The highest BCUT2D eigenvalue weighted by atomic mass is 16.6. The Morgan fingerprint density at radius 1 is 1.60 bits per heavy atom. The van der Waals surface area contributed by atoms with Gasteiger partial charge in [0.2, 0.25) is 11.8 Å². The molecule has 8 heteroatoms. The van der Waals surface area contributed by atoms with Gasteiger partial charge in [-0.3, -0.25) is 19.7 Å². The minimum absolute atomic E-state index is 0.0561. The summed E-state index contributed by atoms with van der Waals surface area (Å²) < 4.78 is 0. The molecule has 106 valence electrons. The highest BCUT2D eigenvalue weighted by molar-refractivity contribution is 6.00. The first-order chi connectivity index (χ1) is 9.36. The van der Waals surface area contributed by atoms with Crippen molar-refractivity contribution in [2.45, 2.75) is 25.8 Å². The number of nitro groups is 1. The van der Waals surface area contributed by atoms with Crippen LogP contribution >= 0.6 is 0 Å². The third-order valence-corrected chi connectivity index (χ3v) is 2.95. The van der Waals surface area contributed by atoms with E-state index < -0.39 is 10.8 Å². The molecule has 0 bridgehead atoms. The van der Waals surface area contributed by atoms with Crippen molar-refractivity contribution in [3.63, 3.8) is 0 Å². The molecule has 1 aromatic rings. The SMILES string of the molecule is CC(CC(N)=O)Nc1cc2c(cc1[N+](=O)[O-])CC(=O)N2. The first kappa shape index (κ1) is 13.8. The molecule has 0 saturated carbocycles. The van der Waals surface area contributed by atoms with Crippen LogP contribution in [0.15, 0.2) is 12.1 Å². The van der Waals surface area contributed by atoms with Gasteiger partial charge in [-0.1, -0.05) is 0 Å². The summed E-state index contributed by atoms with van der Waals surface area (Å²) in [6, 6.07) is 2.53. The second kappa shape index (κ2) is 5.16. The Morgan fingerprint density at radius 2 is 2.30 bits per heavy atom. The van der Waals surface area contributed by atoms with Crippen molar-refractivity contribution in [3.8, 4) is 0 Å². The molecule has 0 spiro atoms. The fourth-order valence-electron chi connectivity index (χ4n) is 2.15. The van der Waals surface area contributed by atoms with Crippen LogP contribution < -0.4 is 16.4 Å². The number of carbonyl (C=O) groups is 2. The summed E-state index contributed by atoms with van der Waals surface area (Å²) in [4.78, 5) is 32.7. The van der Waals surface area contributed by atoms with Crippen molar-refractivity contribution in [2.24, 2.45) is 5.73 Å². The molecule has 1 aliphatic rings. The van der Waals surface area contributed by atoms with Gasteiger partial charge in [-0.2, -0.15) is 0 Å². The Balaban J connectivity index is 2.32. The van der Waals surface area contributed by atoms with Crippen molar-refractivity contribution in [1.82, 2.24) is 0 Å². The molecule has 0 radical (unpaired) electrons. The number of fused-ring (bicyclic) bond motifs is 1. The Morgan fingerprint density at radius 3 is 2.90 bits per heavy atom. The number of nitro benzene ring substituents is 1. The topological polar surface area (TPSA) is 127 Å². The van der Waals surface area contributed by atoms with Gasteiger partial charge < -0.3 is 16.4 Å². The van der Waals surface area contributed by atoms with Crippen LogP contribution in [0.4, 0.5) is 17.1 Å². The molecule has 1 unspecified atom stereocenters. The Labute approximate surface area is 114 Å². The molecule has 1 aromatic carbocycles. The van der Waals surface area contributed by atoms with Crippen molar-refractivity contribution in [2.75, 3.05) is 10.6 Å². The summed E-state index contributed by atoms with van der Waals surface area (Å²) in [6.07, 6.45) is 0.188. The average Bonchev–Trinajstić information content (AvgIpc) is 2.65. The molecule has 4 N–H and O–H groups in total. The number of hydrogen-bond donors (Lipinski definition) is 3. The van der Waals surface area contributed by atoms with Crippen LogP contribution in [-0.4, -0.2) is 22.8 Å². The van der Waals surface area contributed by atoms with Gasteiger partial charge in [0.05, 0.1) is 11.3 Å². The lowest BCUT2D eigenvalue weighted by Crippen LogP contribution is -2.24. The van der Waals surface area contributed by atoms with E-state index in [1.54, 1.807) is 6.92 Å². The highest BCUT2D eigenvalue weighted by Gasteiger charge is 2.25. The zero-order valence-electron chi connectivity index (χ0n) is 10.8. The van der Waals surface area contributed by atoms with E-state index in [0.29, 0.717) is 11.3 Å². The van der Waals surface area contributed by atoms with Crippen LogP contribution in [0, 0.1) is 10.1 Å². The fraction of sp³-hybridized carbons (Fsp3) is 0.333. The Bertz CT molecular complexity index is 599. The second-order valence-corrected chi connectivity index (χ2v) is 4.72. The number of hydrogen-bond acceptors (Lipinski definition) is 5. The second-order valence-electron chi connectivity index (χ2n) is 4.72. The third kappa shape index (κ3) is 2.85. The van der Waals surface area contributed by atoms with Crippen molar-refractivity contribution < 1.29 is 14.5 Å². The first-order valence-electron chi connectivity index (χ1n) is 6.03. The molecule has 2 amide bonds. The molecule has 1 atom stereocenters. The smallest absolute Gasteiger partial charge is 0.292 e. The zero-order chi connectivity index (χ0) is 14.9. The molecular formula is C12H14N4O4. The van der Waals surface area contributed by atoms with Gasteiger partial charge in [0, 0.05) is 24.2 Å². The Kier molecular flexibility index (Phi) is 3.55. The van der Waals surface area contributed by atoms with Crippen LogP contribution in [0.25, 0.3) is 0 Å². The van der Waals surface area contributed by atoms with Crippen LogP contribution in [0.3, 0.4) is 0 Å². The van der Waals surface area contributed by atoms with Gasteiger partial charge in [-0.15, -0.1) is 0 Å². The largest absolute Gasteiger partial charge is 0.376 e. The first-order valence-corrected chi connectivity index (χ1v) is 6.03. The predicted octanol–water partition coefficient (Wildman–Crippen LogP) is 0.765. The summed E-state index contributed by atoms with van der Waals surface area (Å²) in [5.41, 5.74) is 6.35. The maximum atomic E-state index is 11.3. The van der Waals surface area contributed by atoms with E-state index in [0.717, 1.165) is 0 Å². The van der Waals surface area contributed by atoms with Gasteiger partial charge in [-0.25, -0.2) is 0 Å². The fourth-order valence-corrected chi connectivity index (χ4v) is 2.15. The summed E-state index contributed by atoms with van der Waals surface area (Å²) in [5, 5.41) is 16.6. The number of anilines is 2. The molecule has 1 heterocycles. The summed E-state index contributed by atoms with van der Waals surface area (Å²) in [6.45, 7) is 1.69. The van der Waals surface area contributed by atoms with Crippen LogP contribution in [0.1, 0.15) is 18.9 Å². The summed E-state index contributed by atoms with van der Waals surface area (Å²) in [5.74, 6) is -0.696. The maximum absolute atomic E-state index is 11.3. The van der Waals surface area contributed by atoms with Crippen molar-refractivity contribution >= 4 is 28.9 Å². The highest BCUT2D eigenvalue weighted by Crippen LogP contribution is 2.34. The van der Waals surface area contributed by atoms with Crippen LogP contribution in [-0.2, 0) is 16.0 Å². The third-order valence-electron chi connectivity index (χ3n) is 2.95. The van der Waals surface area contributed by atoms with Crippen LogP contribution in [0.2, 0.25) is 0 Å². The lowest BCUT2D eigenvalue weighted by atomic mass is 10.1. The molecule has 2 rings (SSSR count). The summed E-state index contributed by atoms with van der Waals surface area (Å²) in [7, 11) is 0. The molecule has 0 saturated heterocycles. The van der Waals surface area contributed by atoms with E-state index in [2.05, 4.69) is 10.6 Å². The standard InChI is InChI=1S/C12H14N4O4/c1-6(2-11(13)17)14-9-5-8-7(4-12(18)15-8)3-10(9)16(19)20/h3,5-6,14H,2,4H2,1H3,(H2,13,17)(H,15,18). The van der Waals surface area contributed by atoms with E-state index in [1.165, 1.54) is 12.1 Å². The normalized spacial score (nSPS) is 14.3. The number of nitrogens with two attached hydrogens (primary N) is 1. The number of benzene rings is 1. The van der Waals surface area contributed by atoms with E-state index >= 15 is 0 Å². The molecule has 0 aromatic heterocycles. The summed E-state index contributed by atoms with van der Waals surface area (Å²) >= 11 is 0. The number of nitrogens with zero attached hydrogens (tertiary/aromatic N) is 1. The molecule has 1 aliphatic heterocycles. The minimum Gasteiger partial charge on any atom is -0.376 e. The lowest BCUT2D eigenvalue weighted by Gasteiger charge is -2.14. The van der Waals surface area contributed by atoms with Gasteiger partial charge in [0.15, 0.2) is 0 Å². The maximum Gasteiger partial charge on any atom is 0.292 e. The van der Waals surface area contributed by atoms with Gasteiger partial charge in [-0.05, 0) is 18.6 Å². The van der Waals surface area contributed by atoms with Gasteiger partial charge in [0.1, 0.15) is 5.69 Å². The van der Waals surface area contributed by atoms with Gasteiger partial charge >= 0.3 is 0 Å². The molecular weight excluding hydrogens is 264 g/mol. The Hall–Kier alpha value is -2.64. The predicted molar refractivity (Wildman–Crippen MR) is 72.3 cm³/mol. The number of primary amides is 1.